The minimum Gasteiger partial charge on any atom is -0.478 e. The number of hydrogen-bond acceptors (Lipinski definition) is 3. The number of aryl methyl sites for hydroxylation is 1. The van der Waals surface area contributed by atoms with E-state index in [1.165, 1.54) is 3.57 Å². The summed E-state index contributed by atoms with van der Waals surface area (Å²) in [5.41, 5.74) is 8.26. The van der Waals surface area contributed by atoms with Gasteiger partial charge in [-0.2, -0.15) is 5.10 Å². The summed E-state index contributed by atoms with van der Waals surface area (Å²) in [7, 11) is 0. The van der Waals surface area contributed by atoms with Gasteiger partial charge in [0.25, 0.3) is 0 Å². The Balaban J connectivity index is 1.82. The number of carboxylic acid groups (broad SMARTS) is 1. The second kappa shape index (κ2) is 7.74. The molecule has 0 aliphatic heterocycles. The molecule has 0 saturated carbocycles. The molecule has 2 aromatic carbocycles. The topological polar surface area (TPSA) is 66.6 Å². The molecule has 0 saturated heterocycles. The van der Waals surface area contributed by atoms with E-state index in [4.69, 9.17) is 5.11 Å². The number of carbonyl (C=O) groups is 1. The van der Waals surface area contributed by atoms with Gasteiger partial charge in [0.15, 0.2) is 0 Å². The summed E-state index contributed by atoms with van der Waals surface area (Å²) in [6.07, 6.45) is 1.79. The molecule has 3 rings (SSSR count). The fourth-order valence-corrected chi connectivity index (χ4v) is 3.13. The molecule has 0 aliphatic rings. The standard InChI is InChI=1S/C20H18IN3O2/c1-13-11-16(12-22-23-18-7-5-17(21)6-8-18)14(2)24(13)19-9-3-15(4-10-19)20(25)26/h3-12,23H,1-2H3,(H,25,26). The molecule has 132 valence electrons. The first kappa shape index (κ1) is 18.2. The maximum atomic E-state index is 11.0. The van der Waals surface area contributed by atoms with Gasteiger partial charge in [0.05, 0.1) is 17.5 Å². The quantitative estimate of drug-likeness (QED) is 0.326. The van der Waals surface area contributed by atoms with E-state index in [0.717, 1.165) is 28.3 Å². The predicted molar refractivity (Wildman–Crippen MR) is 113 cm³/mol. The lowest BCUT2D eigenvalue weighted by atomic mass is 10.2. The molecular formula is C20H18IN3O2. The number of nitrogens with zero attached hydrogens (tertiary/aromatic N) is 2. The maximum Gasteiger partial charge on any atom is 0.335 e. The fraction of sp³-hybridized carbons (Fsp3) is 0.100. The van der Waals surface area contributed by atoms with E-state index in [-0.39, 0.29) is 5.56 Å². The molecular weight excluding hydrogens is 441 g/mol. The number of aromatic carboxylic acids is 1. The first-order chi connectivity index (χ1) is 12.5. The average Bonchev–Trinajstić information content (AvgIpc) is 2.90. The van der Waals surface area contributed by atoms with E-state index in [0.29, 0.717) is 0 Å². The van der Waals surface area contributed by atoms with Gasteiger partial charge in [-0.3, -0.25) is 5.43 Å². The molecule has 2 N–H and O–H groups in total. The Kier molecular flexibility index (Phi) is 5.41. The van der Waals surface area contributed by atoms with Crippen LogP contribution in [0.3, 0.4) is 0 Å². The lowest BCUT2D eigenvalue weighted by Gasteiger charge is -2.09. The van der Waals surface area contributed by atoms with E-state index >= 15 is 0 Å². The van der Waals surface area contributed by atoms with Crippen molar-refractivity contribution >= 4 is 40.5 Å². The van der Waals surface area contributed by atoms with Crippen LogP contribution < -0.4 is 5.43 Å². The van der Waals surface area contributed by atoms with E-state index in [2.05, 4.69) is 43.8 Å². The van der Waals surface area contributed by atoms with Crippen LogP contribution in [0, 0.1) is 17.4 Å². The monoisotopic (exact) mass is 459 g/mol. The first-order valence-electron chi connectivity index (χ1n) is 8.03. The van der Waals surface area contributed by atoms with Gasteiger partial charge in [0, 0.05) is 26.2 Å². The Hall–Kier alpha value is -2.61. The molecule has 0 fully saturated rings. The normalized spacial score (nSPS) is 11.0. The first-order valence-corrected chi connectivity index (χ1v) is 9.11. The van der Waals surface area contributed by atoms with Gasteiger partial charge in [-0.15, -0.1) is 0 Å². The average molecular weight is 459 g/mol. The zero-order valence-electron chi connectivity index (χ0n) is 14.4. The summed E-state index contributed by atoms with van der Waals surface area (Å²) in [6.45, 7) is 4.03. The molecule has 1 heterocycles. The minimum atomic E-state index is -0.924. The van der Waals surface area contributed by atoms with Crippen LogP contribution in [0.1, 0.15) is 27.3 Å². The van der Waals surface area contributed by atoms with Crippen LogP contribution in [-0.4, -0.2) is 21.9 Å². The molecule has 0 bridgehead atoms. The number of hydrazone groups is 1. The second-order valence-electron chi connectivity index (χ2n) is 5.89. The number of hydrogen-bond donors (Lipinski definition) is 2. The number of aromatic nitrogens is 1. The van der Waals surface area contributed by atoms with Crippen LogP contribution >= 0.6 is 22.6 Å². The Morgan fingerprint density at radius 1 is 1.12 bits per heavy atom. The molecule has 0 amide bonds. The van der Waals surface area contributed by atoms with Crippen LogP contribution in [0.4, 0.5) is 5.69 Å². The molecule has 1 aromatic heterocycles. The summed E-state index contributed by atoms with van der Waals surface area (Å²) in [4.78, 5) is 11.0. The van der Waals surface area contributed by atoms with Gasteiger partial charge in [-0.05, 0) is 91.0 Å². The van der Waals surface area contributed by atoms with Crippen LogP contribution in [0.2, 0.25) is 0 Å². The highest BCUT2D eigenvalue weighted by atomic mass is 127. The number of benzene rings is 2. The molecule has 0 unspecified atom stereocenters. The zero-order valence-corrected chi connectivity index (χ0v) is 16.6. The maximum absolute atomic E-state index is 11.0. The van der Waals surface area contributed by atoms with E-state index in [1.54, 1.807) is 18.3 Å². The lowest BCUT2D eigenvalue weighted by molar-refractivity contribution is 0.0697. The number of rotatable bonds is 5. The van der Waals surface area contributed by atoms with Crippen molar-refractivity contribution in [2.45, 2.75) is 13.8 Å². The lowest BCUT2D eigenvalue weighted by Crippen LogP contribution is -2.01. The van der Waals surface area contributed by atoms with Crippen molar-refractivity contribution < 1.29 is 9.90 Å². The molecule has 6 heteroatoms. The largest absolute Gasteiger partial charge is 0.478 e. The summed E-state index contributed by atoms with van der Waals surface area (Å²) in [5, 5.41) is 13.4. The number of nitrogens with one attached hydrogen (secondary N) is 1. The number of anilines is 1. The highest BCUT2D eigenvalue weighted by Gasteiger charge is 2.10. The highest BCUT2D eigenvalue weighted by Crippen LogP contribution is 2.20. The number of halogens is 1. The van der Waals surface area contributed by atoms with Crippen LogP contribution in [-0.2, 0) is 0 Å². The summed E-state index contributed by atoms with van der Waals surface area (Å²) in [5.74, 6) is -0.924. The smallest absolute Gasteiger partial charge is 0.335 e. The summed E-state index contributed by atoms with van der Waals surface area (Å²) < 4.78 is 3.26. The zero-order chi connectivity index (χ0) is 18.7. The van der Waals surface area contributed by atoms with Crippen LogP contribution in [0.15, 0.2) is 59.7 Å². The van der Waals surface area contributed by atoms with Crippen molar-refractivity contribution in [3.05, 3.63) is 80.7 Å². The van der Waals surface area contributed by atoms with Crippen molar-refractivity contribution in [1.29, 1.82) is 0 Å². The van der Waals surface area contributed by atoms with Crippen molar-refractivity contribution in [3.63, 3.8) is 0 Å². The van der Waals surface area contributed by atoms with Crippen LogP contribution in [0.25, 0.3) is 5.69 Å². The minimum absolute atomic E-state index is 0.278. The van der Waals surface area contributed by atoms with Crippen molar-refractivity contribution in [1.82, 2.24) is 4.57 Å². The Morgan fingerprint density at radius 3 is 2.38 bits per heavy atom. The summed E-state index contributed by atoms with van der Waals surface area (Å²) >= 11 is 2.26. The van der Waals surface area contributed by atoms with E-state index < -0.39 is 5.97 Å². The third-order valence-corrected chi connectivity index (χ3v) is 4.80. The predicted octanol–water partition coefficient (Wildman–Crippen LogP) is 4.84. The third-order valence-electron chi connectivity index (χ3n) is 4.08. The van der Waals surface area contributed by atoms with Gasteiger partial charge < -0.3 is 9.67 Å². The Morgan fingerprint density at radius 2 is 1.77 bits per heavy atom. The van der Waals surface area contributed by atoms with Gasteiger partial charge in [0.2, 0.25) is 0 Å². The molecule has 26 heavy (non-hydrogen) atoms. The summed E-state index contributed by atoms with van der Waals surface area (Å²) in [6, 6.07) is 16.9. The van der Waals surface area contributed by atoms with Gasteiger partial charge in [-0.1, -0.05) is 0 Å². The van der Waals surface area contributed by atoms with E-state index in [9.17, 15) is 4.79 Å². The molecule has 3 aromatic rings. The van der Waals surface area contributed by atoms with E-state index in [1.807, 2.05) is 50.2 Å². The second-order valence-corrected chi connectivity index (χ2v) is 7.14. The van der Waals surface area contributed by atoms with Gasteiger partial charge in [-0.25, -0.2) is 4.79 Å². The Labute approximate surface area is 165 Å². The van der Waals surface area contributed by atoms with Crippen molar-refractivity contribution in [2.75, 3.05) is 5.43 Å². The number of carboxylic acids is 1. The van der Waals surface area contributed by atoms with Gasteiger partial charge in [0.1, 0.15) is 0 Å². The molecule has 0 aliphatic carbocycles. The third kappa shape index (κ3) is 3.96. The molecule has 0 spiro atoms. The van der Waals surface area contributed by atoms with Gasteiger partial charge >= 0.3 is 5.97 Å². The molecule has 0 radical (unpaired) electrons. The highest BCUT2D eigenvalue weighted by molar-refractivity contribution is 14.1. The SMILES string of the molecule is Cc1cc(C=NNc2ccc(I)cc2)c(C)n1-c1ccc(C(=O)O)cc1. The molecule has 0 atom stereocenters. The van der Waals surface area contributed by atoms with Crippen molar-refractivity contribution in [2.24, 2.45) is 5.10 Å². The Bertz CT molecular complexity index is 958. The van der Waals surface area contributed by atoms with Crippen LogP contribution in [0.5, 0.6) is 0 Å². The fourth-order valence-electron chi connectivity index (χ4n) is 2.77. The van der Waals surface area contributed by atoms with Crippen molar-refractivity contribution in [3.8, 4) is 5.69 Å². The molecule has 5 nitrogen and oxygen atoms in total.